The SMILES string of the molecule is CNCc1ccn(CCc2ccc3c(c2)CCO3)c1. The lowest BCUT2D eigenvalue weighted by atomic mass is 10.1. The summed E-state index contributed by atoms with van der Waals surface area (Å²) in [6.07, 6.45) is 6.50. The van der Waals surface area contributed by atoms with Crippen molar-refractivity contribution in [1.29, 1.82) is 0 Å². The molecule has 100 valence electrons. The number of aromatic nitrogens is 1. The third-order valence-electron chi connectivity index (χ3n) is 3.61. The quantitative estimate of drug-likeness (QED) is 0.889. The number of benzene rings is 1. The third kappa shape index (κ3) is 2.82. The van der Waals surface area contributed by atoms with Crippen molar-refractivity contribution in [2.24, 2.45) is 0 Å². The first-order chi connectivity index (χ1) is 9.35. The minimum atomic E-state index is 0.837. The summed E-state index contributed by atoms with van der Waals surface area (Å²) >= 11 is 0. The zero-order chi connectivity index (χ0) is 13.1. The molecule has 19 heavy (non-hydrogen) atoms. The number of rotatable bonds is 5. The van der Waals surface area contributed by atoms with E-state index in [4.69, 9.17) is 4.74 Å². The second kappa shape index (κ2) is 5.49. The van der Waals surface area contributed by atoms with Gasteiger partial charge in [0.1, 0.15) is 5.75 Å². The van der Waals surface area contributed by atoms with E-state index in [2.05, 4.69) is 46.5 Å². The first kappa shape index (κ1) is 12.3. The van der Waals surface area contributed by atoms with Gasteiger partial charge < -0.3 is 14.6 Å². The van der Waals surface area contributed by atoms with Gasteiger partial charge in [0.25, 0.3) is 0 Å². The second-order valence-corrected chi connectivity index (χ2v) is 5.08. The van der Waals surface area contributed by atoms with Crippen LogP contribution >= 0.6 is 0 Å². The van der Waals surface area contributed by atoms with Crippen molar-refractivity contribution in [2.75, 3.05) is 13.7 Å². The van der Waals surface area contributed by atoms with Crippen LogP contribution in [-0.2, 0) is 25.9 Å². The first-order valence-electron chi connectivity index (χ1n) is 6.89. The van der Waals surface area contributed by atoms with Crippen molar-refractivity contribution >= 4 is 0 Å². The summed E-state index contributed by atoms with van der Waals surface area (Å²) in [4.78, 5) is 0. The Labute approximate surface area is 114 Å². The van der Waals surface area contributed by atoms with Gasteiger partial charge in [0.15, 0.2) is 0 Å². The lowest BCUT2D eigenvalue weighted by molar-refractivity contribution is 0.357. The van der Waals surface area contributed by atoms with Crippen LogP contribution in [0, 0.1) is 0 Å². The summed E-state index contributed by atoms with van der Waals surface area (Å²) in [5.74, 6) is 1.07. The Hall–Kier alpha value is -1.74. The molecular weight excluding hydrogens is 236 g/mol. The maximum Gasteiger partial charge on any atom is 0.122 e. The minimum absolute atomic E-state index is 0.837. The van der Waals surface area contributed by atoms with Gasteiger partial charge in [-0.1, -0.05) is 12.1 Å². The number of hydrogen-bond donors (Lipinski definition) is 1. The molecule has 0 bridgehead atoms. The molecule has 0 spiro atoms. The normalized spacial score (nSPS) is 13.3. The van der Waals surface area contributed by atoms with Crippen molar-refractivity contribution in [2.45, 2.75) is 25.9 Å². The van der Waals surface area contributed by atoms with Crippen molar-refractivity contribution < 1.29 is 4.74 Å². The number of nitrogens with one attached hydrogen (secondary N) is 1. The summed E-state index contributed by atoms with van der Waals surface area (Å²) in [5.41, 5.74) is 4.10. The van der Waals surface area contributed by atoms with Crippen LogP contribution in [0.4, 0.5) is 0 Å². The molecule has 3 heteroatoms. The fourth-order valence-corrected chi connectivity index (χ4v) is 2.59. The molecule has 2 heterocycles. The van der Waals surface area contributed by atoms with Crippen LogP contribution in [0.25, 0.3) is 0 Å². The number of nitrogens with zero attached hydrogens (tertiary/aromatic N) is 1. The highest BCUT2D eigenvalue weighted by atomic mass is 16.5. The van der Waals surface area contributed by atoms with E-state index in [1.54, 1.807) is 0 Å². The maximum atomic E-state index is 5.53. The average molecular weight is 256 g/mol. The van der Waals surface area contributed by atoms with Crippen molar-refractivity contribution in [3.63, 3.8) is 0 Å². The lowest BCUT2D eigenvalue weighted by Crippen LogP contribution is -2.04. The molecule has 2 aromatic rings. The largest absolute Gasteiger partial charge is 0.493 e. The fourth-order valence-electron chi connectivity index (χ4n) is 2.59. The van der Waals surface area contributed by atoms with Crippen LogP contribution in [0.1, 0.15) is 16.7 Å². The molecule has 3 nitrogen and oxygen atoms in total. The molecule has 1 aromatic heterocycles. The maximum absolute atomic E-state index is 5.53. The summed E-state index contributed by atoms with van der Waals surface area (Å²) in [7, 11) is 1.98. The zero-order valence-electron chi connectivity index (χ0n) is 11.4. The zero-order valence-corrected chi connectivity index (χ0v) is 11.4. The number of hydrogen-bond acceptors (Lipinski definition) is 2. The highest BCUT2D eigenvalue weighted by molar-refractivity contribution is 5.39. The Morgan fingerprint density at radius 1 is 1.26 bits per heavy atom. The molecule has 0 radical (unpaired) electrons. The van der Waals surface area contributed by atoms with Gasteiger partial charge >= 0.3 is 0 Å². The van der Waals surface area contributed by atoms with Crippen LogP contribution < -0.4 is 10.1 Å². The van der Waals surface area contributed by atoms with Gasteiger partial charge in [0, 0.05) is 31.9 Å². The van der Waals surface area contributed by atoms with Crippen LogP contribution in [-0.4, -0.2) is 18.2 Å². The summed E-state index contributed by atoms with van der Waals surface area (Å²) in [6, 6.07) is 8.76. The van der Waals surface area contributed by atoms with Gasteiger partial charge in [-0.15, -0.1) is 0 Å². The van der Waals surface area contributed by atoms with E-state index < -0.39 is 0 Å². The molecule has 0 saturated heterocycles. The molecule has 0 fully saturated rings. The fraction of sp³-hybridized carbons (Fsp3) is 0.375. The first-order valence-corrected chi connectivity index (χ1v) is 6.89. The van der Waals surface area contributed by atoms with Gasteiger partial charge in [-0.3, -0.25) is 0 Å². The van der Waals surface area contributed by atoms with Crippen LogP contribution in [0.5, 0.6) is 5.75 Å². The van der Waals surface area contributed by atoms with Gasteiger partial charge in [-0.2, -0.15) is 0 Å². The Kier molecular flexibility index (Phi) is 3.56. The standard InChI is InChI=1S/C16H20N2O/c1-17-11-14-5-8-18(12-14)7-4-13-2-3-16-15(10-13)6-9-19-16/h2-3,5,8,10,12,17H,4,6-7,9,11H2,1H3. The highest BCUT2D eigenvalue weighted by Gasteiger charge is 2.11. The van der Waals surface area contributed by atoms with E-state index in [9.17, 15) is 0 Å². The molecule has 3 rings (SSSR count). The topological polar surface area (TPSA) is 26.2 Å². The Morgan fingerprint density at radius 2 is 2.21 bits per heavy atom. The van der Waals surface area contributed by atoms with Crippen LogP contribution in [0.2, 0.25) is 0 Å². The molecule has 0 aliphatic carbocycles. The third-order valence-corrected chi connectivity index (χ3v) is 3.61. The molecule has 0 amide bonds. The second-order valence-electron chi connectivity index (χ2n) is 5.08. The molecule has 1 aromatic carbocycles. The molecule has 0 atom stereocenters. The predicted molar refractivity (Wildman–Crippen MR) is 76.5 cm³/mol. The Balaban J connectivity index is 1.62. The van der Waals surface area contributed by atoms with Crippen molar-refractivity contribution in [3.8, 4) is 5.75 Å². The lowest BCUT2D eigenvalue weighted by Gasteiger charge is -2.05. The van der Waals surface area contributed by atoms with E-state index in [0.29, 0.717) is 0 Å². The van der Waals surface area contributed by atoms with Crippen molar-refractivity contribution in [1.82, 2.24) is 9.88 Å². The van der Waals surface area contributed by atoms with Gasteiger partial charge in [-0.25, -0.2) is 0 Å². The van der Waals surface area contributed by atoms with E-state index >= 15 is 0 Å². The Bertz CT molecular complexity index is 560. The number of fused-ring (bicyclic) bond motifs is 1. The summed E-state index contributed by atoms with van der Waals surface area (Å²) < 4.78 is 7.79. The monoisotopic (exact) mass is 256 g/mol. The van der Waals surface area contributed by atoms with Crippen LogP contribution in [0.15, 0.2) is 36.7 Å². The van der Waals surface area contributed by atoms with Crippen molar-refractivity contribution in [3.05, 3.63) is 53.3 Å². The molecule has 1 aliphatic rings. The average Bonchev–Trinajstić information content (AvgIpc) is 3.04. The predicted octanol–water partition coefficient (Wildman–Crippen LogP) is 2.39. The van der Waals surface area contributed by atoms with E-state index in [1.165, 1.54) is 16.7 Å². The van der Waals surface area contributed by atoms with Gasteiger partial charge in [0.05, 0.1) is 6.61 Å². The summed E-state index contributed by atoms with van der Waals surface area (Å²) in [5, 5.41) is 3.17. The van der Waals surface area contributed by atoms with E-state index in [-0.39, 0.29) is 0 Å². The molecule has 0 unspecified atom stereocenters. The van der Waals surface area contributed by atoms with E-state index in [1.807, 2.05) is 7.05 Å². The molecular formula is C16H20N2O. The molecule has 1 aliphatic heterocycles. The van der Waals surface area contributed by atoms with E-state index in [0.717, 1.165) is 38.3 Å². The van der Waals surface area contributed by atoms with Gasteiger partial charge in [-0.05, 0) is 42.3 Å². The number of ether oxygens (including phenoxy) is 1. The smallest absolute Gasteiger partial charge is 0.122 e. The highest BCUT2D eigenvalue weighted by Crippen LogP contribution is 2.26. The number of aryl methyl sites for hydroxylation is 2. The van der Waals surface area contributed by atoms with Crippen LogP contribution in [0.3, 0.4) is 0 Å². The summed E-state index contributed by atoms with van der Waals surface area (Å²) in [6.45, 7) is 2.80. The molecule has 1 N–H and O–H groups in total. The Morgan fingerprint density at radius 3 is 3.11 bits per heavy atom. The minimum Gasteiger partial charge on any atom is -0.493 e. The molecule has 0 saturated carbocycles. The van der Waals surface area contributed by atoms with Gasteiger partial charge in [0.2, 0.25) is 0 Å².